The van der Waals surface area contributed by atoms with Crippen molar-refractivity contribution in [2.24, 2.45) is 11.7 Å². The van der Waals surface area contributed by atoms with Gasteiger partial charge in [0.1, 0.15) is 17.3 Å². The number of pyridine rings is 1. The molecule has 0 radical (unpaired) electrons. The Bertz CT molecular complexity index is 958. The van der Waals surface area contributed by atoms with E-state index in [0.29, 0.717) is 17.1 Å². The van der Waals surface area contributed by atoms with E-state index in [1.807, 2.05) is 7.05 Å². The molecule has 33 heavy (non-hydrogen) atoms. The Balaban J connectivity index is 1.76. The van der Waals surface area contributed by atoms with Gasteiger partial charge >= 0.3 is 6.18 Å². The van der Waals surface area contributed by atoms with Crippen molar-refractivity contribution < 1.29 is 27.1 Å². The zero-order chi connectivity index (χ0) is 24.1. The van der Waals surface area contributed by atoms with E-state index < -0.39 is 24.2 Å². The molecule has 0 bridgehead atoms. The Morgan fingerprint density at radius 1 is 1.33 bits per heavy atom. The molecule has 3 rings (SSSR count). The fraction of sp³-hybridized carbons (Fsp3) is 0.455. The van der Waals surface area contributed by atoms with Gasteiger partial charge in [0, 0.05) is 22.7 Å². The number of ether oxygens (including phenoxy) is 1. The van der Waals surface area contributed by atoms with E-state index in [4.69, 9.17) is 5.73 Å². The summed E-state index contributed by atoms with van der Waals surface area (Å²) in [4.78, 5) is 16.5. The predicted molar refractivity (Wildman–Crippen MR) is 120 cm³/mol. The number of anilines is 1. The number of hydrogen-bond donors (Lipinski definition) is 3. The highest BCUT2D eigenvalue weighted by Gasteiger charge is 2.44. The summed E-state index contributed by atoms with van der Waals surface area (Å²) < 4.78 is 56.3. The minimum atomic E-state index is -4.47. The molecule has 1 aromatic heterocycles. The van der Waals surface area contributed by atoms with Crippen LogP contribution in [0, 0.1) is 11.7 Å². The van der Waals surface area contributed by atoms with Crippen LogP contribution in [0.4, 0.5) is 23.2 Å². The monoisotopic (exact) mass is 486 g/mol. The van der Waals surface area contributed by atoms with Crippen LogP contribution in [-0.2, 0) is 5.54 Å². The SMILES string of the molecule is CN[C@@]1(c2cc(NC(=O)c3ccc(OCC(F)(F)F)cn3)ccc2F)CCC[C@H]1CSCN. The number of halogens is 4. The fourth-order valence-electron chi connectivity index (χ4n) is 4.24. The molecular weight excluding hydrogens is 460 g/mol. The number of nitrogens with zero attached hydrogens (tertiary/aromatic N) is 1. The van der Waals surface area contributed by atoms with Crippen molar-refractivity contribution >= 4 is 23.4 Å². The van der Waals surface area contributed by atoms with Crippen molar-refractivity contribution in [3.05, 3.63) is 53.6 Å². The van der Waals surface area contributed by atoms with Crippen LogP contribution >= 0.6 is 11.8 Å². The first-order valence-electron chi connectivity index (χ1n) is 10.4. The first-order chi connectivity index (χ1) is 15.7. The smallest absolute Gasteiger partial charge is 0.422 e. The zero-order valence-corrected chi connectivity index (χ0v) is 18.9. The largest absolute Gasteiger partial charge is 0.483 e. The van der Waals surface area contributed by atoms with Gasteiger partial charge in [0.25, 0.3) is 5.91 Å². The van der Waals surface area contributed by atoms with Gasteiger partial charge < -0.3 is 21.1 Å². The van der Waals surface area contributed by atoms with Crippen molar-refractivity contribution in [3.8, 4) is 5.75 Å². The van der Waals surface area contributed by atoms with Crippen molar-refractivity contribution in [2.75, 3.05) is 30.6 Å². The Labute approximate surface area is 193 Å². The van der Waals surface area contributed by atoms with Gasteiger partial charge in [-0.15, -0.1) is 11.8 Å². The highest BCUT2D eigenvalue weighted by atomic mass is 32.2. The molecule has 6 nitrogen and oxygen atoms in total. The summed E-state index contributed by atoms with van der Waals surface area (Å²) in [6, 6.07) is 6.89. The lowest BCUT2D eigenvalue weighted by atomic mass is 9.81. The number of rotatable bonds is 9. The van der Waals surface area contributed by atoms with Crippen LogP contribution in [0.2, 0.25) is 0 Å². The molecule has 1 saturated carbocycles. The number of nitrogens with two attached hydrogens (primary N) is 1. The number of carbonyl (C=O) groups excluding carboxylic acids is 1. The number of alkyl halides is 3. The number of aromatic nitrogens is 1. The van der Waals surface area contributed by atoms with Gasteiger partial charge in [-0.05, 0) is 61.9 Å². The highest BCUT2D eigenvalue weighted by Crippen LogP contribution is 2.46. The number of hydrogen-bond acceptors (Lipinski definition) is 6. The second kappa shape index (κ2) is 10.7. The average Bonchev–Trinajstić information content (AvgIpc) is 3.21. The summed E-state index contributed by atoms with van der Waals surface area (Å²) in [6.45, 7) is -1.45. The van der Waals surface area contributed by atoms with E-state index in [9.17, 15) is 22.4 Å². The maximum Gasteiger partial charge on any atom is 0.422 e. The lowest BCUT2D eigenvalue weighted by Gasteiger charge is -2.36. The standard InChI is InChI=1S/C22H26F4N4O2S/c1-28-21(8-2-3-14(21)11-33-13-27)17-9-15(4-6-18(17)23)30-20(31)19-7-5-16(10-29-19)32-12-22(24,25)26/h4-7,9-10,14,28H,2-3,8,11-13,27H2,1H3,(H,30,31)/t14-,21-/m0/s1. The second-order valence-corrected chi connectivity index (χ2v) is 8.85. The van der Waals surface area contributed by atoms with Crippen LogP contribution in [0.3, 0.4) is 0 Å². The van der Waals surface area contributed by atoms with E-state index >= 15 is 0 Å². The number of benzene rings is 1. The van der Waals surface area contributed by atoms with Gasteiger partial charge in [-0.25, -0.2) is 9.37 Å². The van der Waals surface area contributed by atoms with Crippen LogP contribution in [0.15, 0.2) is 36.5 Å². The van der Waals surface area contributed by atoms with Crippen LogP contribution in [0.1, 0.15) is 35.3 Å². The molecule has 1 fully saturated rings. The molecule has 2 atom stereocenters. The van der Waals surface area contributed by atoms with Gasteiger partial charge in [0.2, 0.25) is 0 Å². The molecule has 0 saturated heterocycles. The molecule has 0 unspecified atom stereocenters. The Kier molecular flexibility index (Phi) is 8.19. The maximum absolute atomic E-state index is 14.9. The summed E-state index contributed by atoms with van der Waals surface area (Å²) in [7, 11) is 1.81. The van der Waals surface area contributed by atoms with E-state index in [1.165, 1.54) is 24.3 Å². The molecule has 1 aliphatic rings. The maximum atomic E-state index is 14.9. The van der Waals surface area contributed by atoms with E-state index in [-0.39, 0.29) is 23.2 Å². The number of carbonyl (C=O) groups is 1. The number of amides is 1. The molecule has 1 aromatic carbocycles. The number of thioether (sulfide) groups is 1. The van der Waals surface area contributed by atoms with Crippen molar-refractivity contribution in [1.82, 2.24) is 10.3 Å². The van der Waals surface area contributed by atoms with Crippen LogP contribution < -0.4 is 21.1 Å². The summed E-state index contributed by atoms with van der Waals surface area (Å²) in [6.07, 6.45) is -0.780. The lowest BCUT2D eigenvalue weighted by Crippen LogP contribution is -2.45. The lowest BCUT2D eigenvalue weighted by molar-refractivity contribution is -0.153. The highest BCUT2D eigenvalue weighted by molar-refractivity contribution is 7.99. The van der Waals surface area contributed by atoms with Crippen molar-refractivity contribution in [3.63, 3.8) is 0 Å². The molecule has 0 aliphatic heterocycles. The normalized spacial score (nSPS) is 20.6. The molecule has 1 amide bonds. The van der Waals surface area contributed by atoms with E-state index in [2.05, 4.69) is 20.4 Å². The van der Waals surface area contributed by atoms with Gasteiger partial charge in [0.15, 0.2) is 6.61 Å². The van der Waals surface area contributed by atoms with Crippen molar-refractivity contribution in [2.45, 2.75) is 31.0 Å². The molecule has 11 heteroatoms. The Morgan fingerprint density at radius 2 is 2.12 bits per heavy atom. The molecule has 4 N–H and O–H groups in total. The minimum absolute atomic E-state index is 0.0124. The quantitative estimate of drug-likeness (QED) is 0.362. The summed E-state index contributed by atoms with van der Waals surface area (Å²) >= 11 is 1.61. The van der Waals surface area contributed by atoms with Crippen molar-refractivity contribution in [1.29, 1.82) is 0 Å². The van der Waals surface area contributed by atoms with Gasteiger partial charge in [0.05, 0.1) is 6.20 Å². The molecule has 1 heterocycles. The third kappa shape index (κ3) is 6.15. The summed E-state index contributed by atoms with van der Waals surface area (Å²) in [5.41, 5.74) is 5.93. The predicted octanol–water partition coefficient (Wildman–Crippen LogP) is 4.28. The molecule has 2 aromatic rings. The molecule has 1 aliphatic carbocycles. The van der Waals surface area contributed by atoms with Crippen LogP contribution in [-0.4, -0.2) is 42.4 Å². The van der Waals surface area contributed by atoms with Gasteiger partial charge in [-0.2, -0.15) is 13.2 Å². The Morgan fingerprint density at radius 3 is 2.76 bits per heavy atom. The third-order valence-corrected chi connectivity index (χ3v) is 6.65. The second-order valence-electron chi connectivity index (χ2n) is 7.78. The van der Waals surface area contributed by atoms with Crippen LogP contribution in [0.5, 0.6) is 5.75 Å². The van der Waals surface area contributed by atoms with Gasteiger partial charge in [-0.3, -0.25) is 4.79 Å². The average molecular weight is 487 g/mol. The van der Waals surface area contributed by atoms with E-state index in [0.717, 1.165) is 31.2 Å². The van der Waals surface area contributed by atoms with E-state index in [1.54, 1.807) is 17.8 Å². The zero-order valence-electron chi connectivity index (χ0n) is 18.0. The molecule has 180 valence electrons. The topological polar surface area (TPSA) is 89.3 Å². The summed E-state index contributed by atoms with van der Waals surface area (Å²) in [5, 5.41) is 6.00. The first-order valence-corrected chi connectivity index (χ1v) is 11.6. The van der Waals surface area contributed by atoms with Crippen LogP contribution in [0.25, 0.3) is 0 Å². The third-order valence-electron chi connectivity index (χ3n) is 5.78. The minimum Gasteiger partial charge on any atom is -0.483 e. The van der Waals surface area contributed by atoms with Gasteiger partial charge in [-0.1, -0.05) is 6.42 Å². The summed E-state index contributed by atoms with van der Waals surface area (Å²) in [5.74, 6) is 0.419. The Hall–Kier alpha value is -2.37. The number of nitrogens with one attached hydrogen (secondary N) is 2. The molecular formula is C22H26F4N4O2S. The first kappa shape index (κ1) is 25.3. The fourth-order valence-corrected chi connectivity index (χ4v) is 5.11. The molecule has 0 spiro atoms.